The minimum Gasteiger partial charge on any atom is -0.458 e. The van der Waals surface area contributed by atoms with Gasteiger partial charge in [0, 0.05) is 36.4 Å². The van der Waals surface area contributed by atoms with E-state index in [-0.39, 0.29) is 36.3 Å². The highest BCUT2D eigenvalue weighted by Gasteiger charge is 2.57. The molecule has 3 fully saturated rings. The molecule has 1 unspecified atom stereocenters. The minimum absolute atomic E-state index is 0.146. The van der Waals surface area contributed by atoms with Crippen LogP contribution in [0.3, 0.4) is 0 Å². The Morgan fingerprint density at radius 2 is 1.63 bits per heavy atom. The van der Waals surface area contributed by atoms with Gasteiger partial charge in [0.25, 0.3) is 0 Å². The Balaban J connectivity index is 2.09. The van der Waals surface area contributed by atoms with E-state index in [4.69, 9.17) is 23.7 Å². The normalized spacial score (nSPS) is 43.4. The molecule has 2 N–H and O–H groups in total. The van der Waals surface area contributed by atoms with Gasteiger partial charge in [0.1, 0.15) is 23.9 Å². The van der Waals surface area contributed by atoms with Gasteiger partial charge in [-0.2, -0.15) is 0 Å². The Morgan fingerprint density at radius 1 is 1.02 bits per heavy atom. The number of alkyl carbamates (subject to hydrolysis) is 1. The van der Waals surface area contributed by atoms with Crippen molar-refractivity contribution >= 4 is 23.6 Å². The Labute approximate surface area is 274 Å². The van der Waals surface area contributed by atoms with Crippen LogP contribution in [0.15, 0.2) is 0 Å². The van der Waals surface area contributed by atoms with Crippen LogP contribution in [0, 0.1) is 23.7 Å². The summed E-state index contributed by atoms with van der Waals surface area (Å²) in [6.45, 7) is 19.9. The lowest BCUT2D eigenvalue weighted by Crippen LogP contribution is -2.62. The molecule has 0 aromatic rings. The molecule has 3 rings (SSSR count). The summed E-state index contributed by atoms with van der Waals surface area (Å²) in [4.78, 5) is 56.3. The number of fused-ring (bicyclic) bond motifs is 1. The van der Waals surface area contributed by atoms with Crippen molar-refractivity contribution in [3.8, 4) is 0 Å². The molecule has 0 bridgehead atoms. The number of methoxy groups -OCH3 is 1. The molecule has 3 aliphatic rings. The lowest BCUT2D eigenvalue weighted by molar-refractivity contribution is -0.298. The molecule has 3 aliphatic heterocycles. The molecule has 46 heavy (non-hydrogen) atoms. The molecular formula is C34H58N2O10. The number of esters is 1. The van der Waals surface area contributed by atoms with Crippen molar-refractivity contribution in [2.75, 3.05) is 14.2 Å². The molecule has 0 saturated carbocycles. The number of likely N-dealkylation sites (N-methyl/N-ethyl adjacent to an activating group) is 1. The quantitative estimate of drug-likeness (QED) is 0.330. The molecule has 12 nitrogen and oxygen atoms in total. The highest BCUT2D eigenvalue weighted by atomic mass is 16.7. The molecule has 0 aromatic heterocycles. The van der Waals surface area contributed by atoms with E-state index in [1.165, 1.54) is 14.0 Å². The molecular weight excluding hydrogens is 596 g/mol. The average Bonchev–Trinajstić information content (AvgIpc) is 3.30. The minimum atomic E-state index is -1.34. The summed E-state index contributed by atoms with van der Waals surface area (Å²) in [6.07, 6.45) is -4.09. The van der Waals surface area contributed by atoms with E-state index in [1.54, 1.807) is 41.5 Å². The van der Waals surface area contributed by atoms with Crippen molar-refractivity contribution < 1.29 is 48.0 Å². The summed E-state index contributed by atoms with van der Waals surface area (Å²) < 4.78 is 30.4. The number of ether oxygens (including phenoxy) is 5. The van der Waals surface area contributed by atoms with Crippen molar-refractivity contribution in [3.63, 3.8) is 0 Å². The maximum absolute atomic E-state index is 14.1. The van der Waals surface area contributed by atoms with Gasteiger partial charge in [-0.25, -0.2) is 4.79 Å². The van der Waals surface area contributed by atoms with Crippen LogP contribution in [0.25, 0.3) is 0 Å². The number of hydrogen-bond donors (Lipinski definition) is 2. The Kier molecular flexibility index (Phi) is 11.8. The number of ketones is 2. The summed E-state index contributed by atoms with van der Waals surface area (Å²) in [5, 5.41) is 14.4. The summed E-state index contributed by atoms with van der Waals surface area (Å²) >= 11 is 0. The van der Waals surface area contributed by atoms with Crippen molar-refractivity contribution in [1.82, 2.24) is 10.2 Å². The maximum Gasteiger partial charge on any atom is 0.408 e. The Bertz CT molecular complexity index is 1140. The Morgan fingerprint density at radius 3 is 2.17 bits per heavy atom. The lowest BCUT2D eigenvalue weighted by atomic mass is 9.73. The number of hydrogen-bond acceptors (Lipinski definition) is 11. The van der Waals surface area contributed by atoms with Crippen molar-refractivity contribution in [1.29, 1.82) is 0 Å². The van der Waals surface area contributed by atoms with Gasteiger partial charge in [-0.15, -0.1) is 0 Å². The van der Waals surface area contributed by atoms with Gasteiger partial charge < -0.3 is 34.1 Å². The van der Waals surface area contributed by atoms with Crippen LogP contribution in [0.5, 0.6) is 0 Å². The number of carbonyl (C=O) groups excluding carboxylic acids is 4. The number of cyclic esters (lactones) is 1. The fourth-order valence-electron chi connectivity index (χ4n) is 7.55. The Hall–Kier alpha value is -2.12. The first-order valence-electron chi connectivity index (χ1n) is 16.7. The van der Waals surface area contributed by atoms with E-state index in [9.17, 15) is 24.3 Å². The van der Waals surface area contributed by atoms with Crippen LogP contribution in [0.4, 0.5) is 4.79 Å². The molecule has 3 saturated heterocycles. The SMILES string of the molecule is CC[C@H]1OC(=O)[C@H](C)C(=O)[C@H](C)[C@@H](O[C@@H]2O[C@H](C)C[C@H](N(C)C(C)(C)C)[C@H]2O)[C@](C)(OC)C[C@@H](C)C(=O)[C@H](C)C2NC(=O)O[C@@]21C. The van der Waals surface area contributed by atoms with E-state index < -0.39 is 83.4 Å². The second-order valence-electron chi connectivity index (χ2n) is 15.2. The van der Waals surface area contributed by atoms with Gasteiger partial charge in [0.15, 0.2) is 17.7 Å². The summed E-state index contributed by atoms with van der Waals surface area (Å²) in [5.74, 6) is -4.84. The summed E-state index contributed by atoms with van der Waals surface area (Å²) in [5.41, 5.74) is -2.83. The third-order valence-electron chi connectivity index (χ3n) is 10.8. The number of rotatable bonds is 5. The summed E-state index contributed by atoms with van der Waals surface area (Å²) in [6, 6.07) is -1.09. The fraction of sp³-hybridized carbons (Fsp3) is 0.882. The number of nitrogens with zero attached hydrogens (tertiary/aromatic N) is 1. The third-order valence-corrected chi connectivity index (χ3v) is 10.8. The molecule has 0 aromatic carbocycles. The molecule has 13 atom stereocenters. The number of amides is 1. The first-order chi connectivity index (χ1) is 21.1. The van der Waals surface area contributed by atoms with Crippen LogP contribution in [0.2, 0.25) is 0 Å². The monoisotopic (exact) mass is 654 g/mol. The van der Waals surface area contributed by atoms with Crippen LogP contribution >= 0.6 is 0 Å². The number of aliphatic hydroxyl groups excluding tert-OH is 1. The maximum atomic E-state index is 14.1. The number of carbonyl (C=O) groups is 4. The van der Waals surface area contributed by atoms with E-state index in [1.807, 2.05) is 14.0 Å². The van der Waals surface area contributed by atoms with Gasteiger partial charge in [-0.3, -0.25) is 19.3 Å². The predicted octanol–water partition coefficient (Wildman–Crippen LogP) is 3.65. The standard InChI is InChI=1S/C34H58N2O10/c1-14-23-34(11)27(35-31(41)46-34)19(4)24(37)17(2)16-33(10,42-13)28(20(5)25(38)21(6)29(40)44-23)45-30-26(39)22(15-18(3)43-30)36(12)32(7,8)9/h17-23,26-28,30,39H,14-16H2,1-13H3,(H,35,41)/t17-,18-,19+,20+,21-,22+,23-,26-,27?,28-,30+,33-,34-/m1/s1. The van der Waals surface area contributed by atoms with E-state index in [2.05, 4.69) is 31.0 Å². The zero-order chi connectivity index (χ0) is 35.1. The smallest absolute Gasteiger partial charge is 0.408 e. The van der Waals surface area contributed by atoms with Gasteiger partial charge in [0.2, 0.25) is 0 Å². The lowest BCUT2D eigenvalue weighted by Gasteiger charge is -2.49. The molecule has 3 heterocycles. The number of aliphatic hydroxyl groups is 1. The van der Waals surface area contributed by atoms with Crippen LogP contribution < -0.4 is 5.32 Å². The zero-order valence-corrected chi connectivity index (χ0v) is 30.0. The number of Topliss-reactive ketones (excluding diaryl/α,β-unsaturated/α-hetero) is 2. The molecule has 0 spiro atoms. The topological polar surface area (TPSA) is 150 Å². The summed E-state index contributed by atoms with van der Waals surface area (Å²) in [7, 11) is 3.43. The molecule has 0 radical (unpaired) electrons. The van der Waals surface area contributed by atoms with Crippen LogP contribution in [-0.4, -0.2) is 107 Å². The highest BCUT2D eigenvalue weighted by Crippen LogP contribution is 2.40. The highest BCUT2D eigenvalue weighted by molar-refractivity contribution is 6.00. The second-order valence-corrected chi connectivity index (χ2v) is 15.2. The second kappa shape index (κ2) is 14.2. The van der Waals surface area contributed by atoms with Crippen molar-refractivity contribution in [2.24, 2.45) is 23.7 Å². The van der Waals surface area contributed by atoms with Crippen LogP contribution in [0.1, 0.15) is 95.4 Å². The number of nitrogens with one attached hydrogen (secondary N) is 1. The van der Waals surface area contributed by atoms with E-state index in [0.29, 0.717) is 6.42 Å². The third kappa shape index (κ3) is 7.46. The van der Waals surface area contributed by atoms with Crippen molar-refractivity contribution in [2.45, 2.75) is 155 Å². The van der Waals surface area contributed by atoms with Crippen LogP contribution in [-0.2, 0) is 38.1 Å². The average molecular weight is 655 g/mol. The van der Waals surface area contributed by atoms with E-state index in [0.717, 1.165) is 0 Å². The first-order valence-corrected chi connectivity index (χ1v) is 16.7. The van der Waals surface area contributed by atoms with Gasteiger partial charge in [-0.1, -0.05) is 27.7 Å². The zero-order valence-electron chi connectivity index (χ0n) is 30.0. The molecule has 264 valence electrons. The molecule has 12 heteroatoms. The fourth-order valence-corrected chi connectivity index (χ4v) is 7.55. The van der Waals surface area contributed by atoms with Crippen molar-refractivity contribution in [3.05, 3.63) is 0 Å². The molecule has 0 aliphatic carbocycles. The van der Waals surface area contributed by atoms with Gasteiger partial charge >= 0.3 is 12.1 Å². The van der Waals surface area contributed by atoms with Gasteiger partial charge in [0.05, 0.1) is 23.9 Å². The van der Waals surface area contributed by atoms with Gasteiger partial charge in [-0.05, 0) is 74.8 Å². The predicted molar refractivity (Wildman–Crippen MR) is 170 cm³/mol. The first kappa shape index (κ1) is 38.3. The van der Waals surface area contributed by atoms with E-state index >= 15 is 0 Å². The molecule has 1 amide bonds. The largest absolute Gasteiger partial charge is 0.458 e.